The summed E-state index contributed by atoms with van der Waals surface area (Å²) < 4.78 is 18.1. The van der Waals surface area contributed by atoms with Crippen molar-refractivity contribution in [3.63, 3.8) is 0 Å². The van der Waals surface area contributed by atoms with Gasteiger partial charge in [0.05, 0.1) is 12.0 Å². The van der Waals surface area contributed by atoms with Crippen LogP contribution >= 0.6 is 0 Å². The number of nitrogens with zero attached hydrogens (tertiary/aromatic N) is 1. The molecule has 2 heterocycles. The summed E-state index contributed by atoms with van der Waals surface area (Å²) in [4.78, 5) is 37.0. The Bertz CT molecular complexity index is 851. The van der Waals surface area contributed by atoms with Crippen LogP contribution in [0.15, 0.2) is 64.8 Å². The van der Waals surface area contributed by atoms with Crippen molar-refractivity contribution in [2.45, 2.75) is 0 Å². The predicted molar refractivity (Wildman–Crippen MR) is 83.2 cm³/mol. The number of amides is 4. The molecule has 4 amide bonds. The molecule has 1 fully saturated rings. The van der Waals surface area contributed by atoms with E-state index in [4.69, 9.17) is 4.42 Å². The van der Waals surface area contributed by atoms with Crippen LogP contribution in [0.5, 0.6) is 0 Å². The molecule has 1 N–H and O–H groups in total. The Morgan fingerprint density at radius 1 is 1.08 bits per heavy atom. The van der Waals surface area contributed by atoms with E-state index in [0.29, 0.717) is 5.76 Å². The van der Waals surface area contributed by atoms with Crippen LogP contribution in [-0.4, -0.2) is 17.8 Å². The number of rotatable bonds is 3. The van der Waals surface area contributed by atoms with Crippen molar-refractivity contribution in [3.05, 3.63) is 72.0 Å². The molecule has 0 unspecified atom stereocenters. The minimum Gasteiger partial charge on any atom is -0.465 e. The van der Waals surface area contributed by atoms with E-state index in [9.17, 15) is 18.8 Å². The average molecular weight is 326 g/mol. The van der Waals surface area contributed by atoms with Crippen molar-refractivity contribution in [3.8, 4) is 0 Å². The number of halogens is 1. The molecule has 2 aromatic rings. The van der Waals surface area contributed by atoms with Gasteiger partial charge in [0.15, 0.2) is 0 Å². The van der Waals surface area contributed by atoms with Crippen LogP contribution in [-0.2, 0) is 9.59 Å². The Kier molecular flexibility index (Phi) is 4.07. The summed E-state index contributed by atoms with van der Waals surface area (Å²) in [5, 5.41) is 2.07. The van der Waals surface area contributed by atoms with E-state index in [1.807, 2.05) is 0 Å². The van der Waals surface area contributed by atoms with Crippen LogP contribution in [0.25, 0.3) is 6.08 Å². The van der Waals surface area contributed by atoms with Gasteiger partial charge in [-0.05, 0) is 48.6 Å². The topological polar surface area (TPSA) is 79.6 Å². The number of imide groups is 2. The number of hydrogen-bond donors (Lipinski definition) is 1. The van der Waals surface area contributed by atoms with E-state index in [2.05, 4.69) is 5.32 Å². The molecule has 0 radical (unpaired) electrons. The molecule has 1 saturated heterocycles. The van der Waals surface area contributed by atoms with Crippen molar-refractivity contribution in [1.29, 1.82) is 0 Å². The summed E-state index contributed by atoms with van der Waals surface area (Å²) >= 11 is 0. The highest BCUT2D eigenvalue weighted by Gasteiger charge is 2.36. The molecule has 0 spiro atoms. The summed E-state index contributed by atoms with van der Waals surface area (Å²) in [5.41, 5.74) is -0.0611. The summed E-state index contributed by atoms with van der Waals surface area (Å²) in [7, 11) is 0. The number of allylic oxidation sites excluding steroid dienone is 2. The van der Waals surface area contributed by atoms with E-state index < -0.39 is 23.7 Å². The molecule has 24 heavy (non-hydrogen) atoms. The van der Waals surface area contributed by atoms with Crippen molar-refractivity contribution < 1.29 is 23.2 Å². The first kappa shape index (κ1) is 15.4. The van der Waals surface area contributed by atoms with Crippen molar-refractivity contribution in [2.24, 2.45) is 0 Å². The lowest BCUT2D eigenvalue weighted by molar-refractivity contribution is -0.122. The number of carbonyl (C=O) groups is 3. The quantitative estimate of drug-likeness (QED) is 0.694. The largest absolute Gasteiger partial charge is 0.465 e. The monoisotopic (exact) mass is 326 g/mol. The van der Waals surface area contributed by atoms with Crippen LogP contribution in [0.3, 0.4) is 0 Å². The van der Waals surface area contributed by atoms with Gasteiger partial charge in [-0.15, -0.1) is 0 Å². The number of barbiturate groups is 1. The van der Waals surface area contributed by atoms with E-state index in [1.54, 1.807) is 18.2 Å². The number of anilines is 1. The zero-order valence-electron chi connectivity index (χ0n) is 12.2. The lowest BCUT2D eigenvalue weighted by atomic mass is 10.1. The number of nitrogens with one attached hydrogen (secondary N) is 1. The lowest BCUT2D eigenvalue weighted by Crippen LogP contribution is -2.54. The standard InChI is InChI=1S/C17H11FN2O4/c18-11-6-8-12(9-7-11)20-16(22)14(15(21)19-17(20)23)5-1-3-13-4-2-10-24-13/h1-10H,(H,19,21,23)/b3-1+,14-5+. The van der Waals surface area contributed by atoms with Gasteiger partial charge in [0.25, 0.3) is 11.8 Å². The minimum atomic E-state index is -0.885. The highest BCUT2D eigenvalue weighted by molar-refractivity contribution is 6.37. The van der Waals surface area contributed by atoms with Gasteiger partial charge in [-0.25, -0.2) is 14.1 Å². The highest BCUT2D eigenvalue weighted by atomic mass is 19.1. The Labute approximate surface area is 135 Å². The third-order valence-electron chi connectivity index (χ3n) is 3.25. The number of carbonyl (C=O) groups excluding carboxylic acids is 3. The van der Waals surface area contributed by atoms with Crippen LogP contribution in [0.4, 0.5) is 14.9 Å². The average Bonchev–Trinajstić information content (AvgIpc) is 3.05. The molecular formula is C17H11FN2O4. The lowest BCUT2D eigenvalue weighted by Gasteiger charge is -2.26. The third-order valence-corrected chi connectivity index (χ3v) is 3.25. The maximum Gasteiger partial charge on any atom is 0.335 e. The number of furan rings is 1. The Morgan fingerprint density at radius 2 is 1.83 bits per heavy atom. The normalized spacial score (nSPS) is 17.0. The Balaban J connectivity index is 1.89. The van der Waals surface area contributed by atoms with Gasteiger partial charge in [-0.1, -0.05) is 6.08 Å². The van der Waals surface area contributed by atoms with Crippen molar-refractivity contribution >= 4 is 29.6 Å². The molecule has 6 nitrogen and oxygen atoms in total. The van der Waals surface area contributed by atoms with E-state index >= 15 is 0 Å². The molecule has 1 aliphatic heterocycles. The maximum absolute atomic E-state index is 13.0. The Hall–Kier alpha value is -3.48. The molecule has 7 heteroatoms. The van der Waals surface area contributed by atoms with Gasteiger partial charge in [0.2, 0.25) is 0 Å². The van der Waals surface area contributed by atoms with Gasteiger partial charge in [0, 0.05) is 0 Å². The molecule has 1 aromatic heterocycles. The summed E-state index contributed by atoms with van der Waals surface area (Å²) in [6.07, 6.45) is 5.79. The third kappa shape index (κ3) is 3.00. The summed E-state index contributed by atoms with van der Waals surface area (Å²) in [5.74, 6) is -1.55. The van der Waals surface area contributed by atoms with E-state index in [0.717, 1.165) is 17.0 Å². The molecule has 1 aliphatic rings. The van der Waals surface area contributed by atoms with E-state index in [1.165, 1.54) is 30.5 Å². The SMILES string of the molecule is O=C1NC(=O)N(c2ccc(F)cc2)C(=O)/C1=C/C=C/c1ccco1. The molecule has 120 valence electrons. The van der Waals surface area contributed by atoms with Gasteiger partial charge >= 0.3 is 6.03 Å². The molecular weight excluding hydrogens is 315 g/mol. The van der Waals surface area contributed by atoms with Crippen LogP contribution in [0.1, 0.15) is 5.76 Å². The summed E-state index contributed by atoms with van der Waals surface area (Å²) in [6, 6.07) is 7.30. The van der Waals surface area contributed by atoms with E-state index in [-0.39, 0.29) is 11.3 Å². The van der Waals surface area contributed by atoms with Crippen LogP contribution < -0.4 is 10.2 Å². The second-order valence-electron chi connectivity index (χ2n) is 4.83. The van der Waals surface area contributed by atoms with Crippen LogP contribution in [0, 0.1) is 5.82 Å². The fourth-order valence-corrected chi connectivity index (χ4v) is 2.13. The van der Waals surface area contributed by atoms with Gasteiger partial charge in [-0.3, -0.25) is 14.9 Å². The van der Waals surface area contributed by atoms with Gasteiger partial charge in [-0.2, -0.15) is 0 Å². The molecule has 3 rings (SSSR count). The number of benzene rings is 1. The van der Waals surface area contributed by atoms with Gasteiger partial charge in [0.1, 0.15) is 17.2 Å². The molecule has 0 saturated carbocycles. The zero-order chi connectivity index (χ0) is 17.1. The second-order valence-corrected chi connectivity index (χ2v) is 4.83. The summed E-state index contributed by atoms with van der Waals surface area (Å²) in [6.45, 7) is 0. The fraction of sp³-hybridized carbons (Fsp3) is 0. The first-order valence-electron chi connectivity index (χ1n) is 6.93. The van der Waals surface area contributed by atoms with Crippen molar-refractivity contribution in [1.82, 2.24) is 5.32 Å². The molecule has 0 bridgehead atoms. The highest BCUT2D eigenvalue weighted by Crippen LogP contribution is 2.20. The van der Waals surface area contributed by atoms with Crippen molar-refractivity contribution in [2.75, 3.05) is 4.90 Å². The smallest absolute Gasteiger partial charge is 0.335 e. The number of hydrogen-bond acceptors (Lipinski definition) is 4. The molecule has 0 aliphatic carbocycles. The molecule has 1 aromatic carbocycles. The fourth-order valence-electron chi connectivity index (χ4n) is 2.13. The van der Waals surface area contributed by atoms with Crippen LogP contribution in [0.2, 0.25) is 0 Å². The first-order valence-corrected chi connectivity index (χ1v) is 6.93. The Morgan fingerprint density at radius 3 is 2.50 bits per heavy atom. The minimum absolute atomic E-state index is 0.160. The van der Waals surface area contributed by atoms with Gasteiger partial charge < -0.3 is 4.42 Å². The maximum atomic E-state index is 13.0. The second kappa shape index (κ2) is 6.33. The first-order chi connectivity index (χ1) is 11.6. The predicted octanol–water partition coefficient (Wildman–Crippen LogP) is 2.64. The molecule has 0 atom stereocenters. The zero-order valence-corrected chi connectivity index (χ0v) is 12.2. The number of urea groups is 1.